The van der Waals surface area contributed by atoms with E-state index in [2.05, 4.69) is 17.1 Å². The molecular formula is C15H22F2N2. The minimum Gasteiger partial charge on any atom is -0.380 e. The zero-order valence-corrected chi connectivity index (χ0v) is 11.7. The molecule has 0 aliphatic carbocycles. The normalized spacial score (nSPS) is 21.2. The van der Waals surface area contributed by atoms with Gasteiger partial charge in [-0.25, -0.2) is 8.78 Å². The van der Waals surface area contributed by atoms with Gasteiger partial charge in [0, 0.05) is 18.7 Å². The highest BCUT2D eigenvalue weighted by Crippen LogP contribution is 2.22. The van der Waals surface area contributed by atoms with Crippen LogP contribution in [0.1, 0.15) is 31.7 Å². The van der Waals surface area contributed by atoms with Crippen molar-refractivity contribution in [1.82, 2.24) is 4.90 Å². The second-order valence-electron chi connectivity index (χ2n) is 5.29. The Morgan fingerprint density at radius 1 is 1.21 bits per heavy atom. The Balaban J connectivity index is 2.03. The number of benzene rings is 1. The van der Waals surface area contributed by atoms with E-state index in [1.165, 1.54) is 12.1 Å². The van der Waals surface area contributed by atoms with Gasteiger partial charge in [-0.15, -0.1) is 0 Å². The summed E-state index contributed by atoms with van der Waals surface area (Å²) in [5, 5.41) is 3.16. The number of hydrogen-bond acceptors (Lipinski definition) is 2. The molecule has 1 aromatic carbocycles. The lowest BCUT2D eigenvalue weighted by molar-refractivity contribution is 0.300. The van der Waals surface area contributed by atoms with E-state index in [0.29, 0.717) is 5.56 Å². The van der Waals surface area contributed by atoms with E-state index in [1.54, 1.807) is 6.92 Å². The van der Waals surface area contributed by atoms with Crippen LogP contribution in [0.5, 0.6) is 0 Å². The molecule has 1 atom stereocenters. The SMILES string of the molecule is CCN1CCCC(Nc2cc(F)c(C)cc2F)CC1. The molecule has 2 nitrogen and oxygen atoms in total. The van der Waals surface area contributed by atoms with Crippen LogP contribution in [0.15, 0.2) is 12.1 Å². The van der Waals surface area contributed by atoms with Crippen molar-refractivity contribution in [3.05, 3.63) is 29.3 Å². The van der Waals surface area contributed by atoms with Gasteiger partial charge in [0.05, 0.1) is 5.69 Å². The second kappa shape index (κ2) is 6.33. The van der Waals surface area contributed by atoms with E-state index in [4.69, 9.17) is 0 Å². The summed E-state index contributed by atoms with van der Waals surface area (Å²) in [4.78, 5) is 2.40. The van der Waals surface area contributed by atoms with E-state index >= 15 is 0 Å². The summed E-state index contributed by atoms with van der Waals surface area (Å²) in [5.41, 5.74) is 0.638. The third-order valence-corrected chi connectivity index (χ3v) is 3.88. The molecule has 19 heavy (non-hydrogen) atoms. The van der Waals surface area contributed by atoms with Gasteiger partial charge in [0.15, 0.2) is 0 Å². The Morgan fingerprint density at radius 3 is 2.74 bits per heavy atom. The molecule has 1 unspecified atom stereocenters. The van der Waals surface area contributed by atoms with E-state index in [9.17, 15) is 8.78 Å². The number of likely N-dealkylation sites (tertiary alicyclic amines) is 1. The van der Waals surface area contributed by atoms with Crippen molar-refractivity contribution in [3.8, 4) is 0 Å². The summed E-state index contributed by atoms with van der Waals surface area (Å²) < 4.78 is 27.3. The number of hydrogen-bond donors (Lipinski definition) is 1. The largest absolute Gasteiger partial charge is 0.380 e. The molecular weight excluding hydrogens is 246 g/mol. The molecule has 0 saturated carbocycles. The first-order valence-corrected chi connectivity index (χ1v) is 7.04. The Labute approximate surface area is 113 Å². The fraction of sp³-hybridized carbons (Fsp3) is 0.600. The predicted octanol–water partition coefficient (Wildman–Crippen LogP) is 3.56. The summed E-state index contributed by atoms with van der Waals surface area (Å²) >= 11 is 0. The molecule has 4 heteroatoms. The number of nitrogens with one attached hydrogen (secondary N) is 1. The summed E-state index contributed by atoms with van der Waals surface area (Å²) in [6, 6.07) is 2.76. The van der Waals surface area contributed by atoms with Crippen molar-refractivity contribution in [3.63, 3.8) is 0 Å². The Hall–Kier alpha value is -1.16. The molecule has 0 amide bonds. The van der Waals surface area contributed by atoms with Gasteiger partial charge in [-0.05, 0) is 50.9 Å². The van der Waals surface area contributed by atoms with Gasteiger partial charge in [-0.2, -0.15) is 0 Å². The molecule has 1 aliphatic rings. The lowest BCUT2D eigenvalue weighted by Gasteiger charge is -2.19. The van der Waals surface area contributed by atoms with Crippen LogP contribution in [0, 0.1) is 18.6 Å². The first kappa shape index (κ1) is 14.3. The highest BCUT2D eigenvalue weighted by Gasteiger charge is 2.17. The number of halogens is 2. The van der Waals surface area contributed by atoms with Crippen LogP contribution >= 0.6 is 0 Å². The molecule has 0 spiro atoms. The number of anilines is 1. The van der Waals surface area contributed by atoms with Crippen LogP contribution in [-0.2, 0) is 0 Å². The smallest absolute Gasteiger partial charge is 0.146 e. The Kier molecular flexibility index (Phi) is 4.75. The molecule has 1 fully saturated rings. The average Bonchev–Trinajstić information content (AvgIpc) is 2.61. The monoisotopic (exact) mass is 268 g/mol. The van der Waals surface area contributed by atoms with E-state index in [0.717, 1.165) is 38.9 Å². The zero-order chi connectivity index (χ0) is 13.8. The maximum Gasteiger partial charge on any atom is 0.146 e. The summed E-state index contributed by atoms with van der Waals surface area (Å²) in [5.74, 6) is -0.719. The third-order valence-electron chi connectivity index (χ3n) is 3.88. The van der Waals surface area contributed by atoms with Crippen LogP contribution in [0.3, 0.4) is 0 Å². The highest BCUT2D eigenvalue weighted by molar-refractivity contribution is 5.47. The van der Waals surface area contributed by atoms with Crippen molar-refractivity contribution in [2.45, 2.75) is 39.2 Å². The molecule has 106 valence electrons. The number of nitrogens with zero attached hydrogens (tertiary/aromatic N) is 1. The first-order chi connectivity index (χ1) is 9.10. The van der Waals surface area contributed by atoms with Crippen molar-refractivity contribution in [1.29, 1.82) is 0 Å². The quantitative estimate of drug-likeness (QED) is 0.901. The maximum atomic E-state index is 13.8. The molecule has 0 radical (unpaired) electrons. The Bertz CT molecular complexity index is 434. The molecule has 1 N–H and O–H groups in total. The van der Waals surface area contributed by atoms with E-state index in [1.807, 2.05) is 0 Å². The maximum absolute atomic E-state index is 13.8. The number of aryl methyl sites for hydroxylation is 1. The predicted molar refractivity (Wildman–Crippen MR) is 74.5 cm³/mol. The van der Waals surface area contributed by atoms with E-state index in [-0.39, 0.29) is 23.4 Å². The summed E-state index contributed by atoms with van der Waals surface area (Å²) in [6.07, 6.45) is 3.08. The minimum atomic E-state index is -0.365. The van der Waals surface area contributed by atoms with Gasteiger partial charge >= 0.3 is 0 Å². The van der Waals surface area contributed by atoms with Gasteiger partial charge in [-0.3, -0.25) is 0 Å². The first-order valence-electron chi connectivity index (χ1n) is 7.04. The lowest BCUT2D eigenvalue weighted by Crippen LogP contribution is -2.26. The minimum absolute atomic E-state index is 0.230. The highest BCUT2D eigenvalue weighted by atomic mass is 19.1. The van der Waals surface area contributed by atoms with Gasteiger partial charge in [0.2, 0.25) is 0 Å². The zero-order valence-electron chi connectivity index (χ0n) is 11.7. The molecule has 0 aromatic heterocycles. The lowest BCUT2D eigenvalue weighted by atomic mass is 10.1. The van der Waals surface area contributed by atoms with Crippen LogP contribution in [0.4, 0.5) is 14.5 Å². The van der Waals surface area contributed by atoms with Gasteiger partial charge in [0.25, 0.3) is 0 Å². The van der Waals surface area contributed by atoms with Crippen LogP contribution in [0.2, 0.25) is 0 Å². The van der Waals surface area contributed by atoms with Crippen molar-refractivity contribution in [2.75, 3.05) is 25.0 Å². The average molecular weight is 268 g/mol. The summed E-state index contributed by atoms with van der Waals surface area (Å²) in [7, 11) is 0. The van der Waals surface area contributed by atoms with Crippen LogP contribution < -0.4 is 5.32 Å². The van der Waals surface area contributed by atoms with Crippen molar-refractivity contribution in [2.24, 2.45) is 0 Å². The van der Waals surface area contributed by atoms with Crippen molar-refractivity contribution >= 4 is 5.69 Å². The molecule has 1 aliphatic heterocycles. The van der Waals surface area contributed by atoms with Crippen LogP contribution in [-0.4, -0.2) is 30.6 Å². The topological polar surface area (TPSA) is 15.3 Å². The molecule has 0 bridgehead atoms. The second-order valence-corrected chi connectivity index (χ2v) is 5.29. The van der Waals surface area contributed by atoms with Crippen molar-refractivity contribution < 1.29 is 8.78 Å². The summed E-state index contributed by atoms with van der Waals surface area (Å²) in [6.45, 7) is 6.90. The standard InChI is InChI=1S/C15H22F2N2/c1-3-19-7-4-5-12(6-8-19)18-15-10-13(16)11(2)9-14(15)17/h9-10,12,18H,3-8H2,1-2H3. The van der Waals surface area contributed by atoms with E-state index < -0.39 is 0 Å². The third kappa shape index (κ3) is 3.66. The Morgan fingerprint density at radius 2 is 2.00 bits per heavy atom. The fourth-order valence-electron chi connectivity index (χ4n) is 2.59. The van der Waals surface area contributed by atoms with Gasteiger partial charge in [-0.1, -0.05) is 6.92 Å². The molecule has 2 rings (SSSR count). The molecule has 1 aromatic rings. The van der Waals surface area contributed by atoms with Gasteiger partial charge in [0.1, 0.15) is 11.6 Å². The number of rotatable bonds is 3. The fourth-order valence-corrected chi connectivity index (χ4v) is 2.59. The van der Waals surface area contributed by atoms with Gasteiger partial charge < -0.3 is 10.2 Å². The molecule has 1 heterocycles. The van der Waals surface area contributed by atoms with Crippen LogP contribution in [0.25, 0.3) is 0 Å². The molecule has 1 saturated heterocycles.